The third kappa shape index (κ3) is 13.6. The molecule has 0 saturated carbocycles. The van der Waals surface area contributed by atoms with E-state index in [9.17, 15) is 9.59 Å². The number of nitrogens with one attached hydrogen (secondary N) is 1. The van der Waals surface area contributed by atoms with Gasteiger partial charge in [-0.15, -0.1) is 0 Å². The van der Waals surface area contributed by atoms with Gasteiger partial charge >= 0.3 is 138 Å². The van der Waals surface area contributed by atoms with Crippen molar-refractivity contribution in [2.24, 2.45) is 0 Å². The molecule has 2 aromatic carbocycles. The maximum absolute atomic E-state index is 11.0. The molecule has 0 aliphatic carbocycles. The number of nitrogens with zero attached hydrogens (tertiary/aromatic N) is 1. The second-order valence-electron chi connectivity index (χ2n) is 10.8. The fourth-order valence-electron chi connectivity index (χ4n) is 4.76. The summed E-state index contributed by atoms with van der Waals surface area (Å²) < 4.78 is 24.3. The van der Waals surface area contributed by atoms with Gasteiger partial charge in [-0.05, 0) is 58.4 Å². The quantitative estimate of drug-likeness (QED) is 0.142. The standard InChI is InChI=1S/C15H17NO3.C9H7NO.C7H14O2.CH2O3.2Cs.H/c1-15(2)18-10-12(19-15)8-16-7-6-13-11(9-17)4-3-5-14(13)16;11-6-7-2-1-3-9-8(7)4-5-10-9;1-4-6-5-8-7(2,3)9-6;2-1-4-3;;;/h3-7,9,12H,8,10H2,1-2H3;1-6,10H;6H,4-5H2,1-3H3;1,3H;;;/q;;;;2*+1;-1/p-1/t12-;;6-;;;;/m0.0..../s1. The van der Waals surface area contributed by atoms with Gasteiger partial charge in [0.05, 0.1) is 25.9 Å². The van der Waals surface area contributed by atoms with Gasteiger partial charge in [0.2, 0.25) is 0 Å². The van der Waals surface area contributed by atoms with Crippen molar-refractivity contribution in [2.45, 2.75) is 71.4 Å². The predicted molar refractivity (Wildman–Crippen MR) is 159 cm³/mol. The molecule has 2 atom stereocenters. The number of hydrogen-bond acceptors (Lipinski definition) is 9. The summed E-state index contributed by atoms with van der Waals surface area (Å²) in [5, 5.41) is 10.4. The minimum absolute atomic E-state index is 0. The molecule has 2 aliphatic rings. The molecule has 11 nitrogen and oxygen atoms in total. The number of rotatable bonds is 6. The molecule has 1 N–H and O–H groups in total. The first-order valence-corrected chi connectivity index (χ1v) is 14.0. The van der Waals surface area contributed by atoms with Crippen molar-refractivity contribution in [1.82, 2.24) is 9.55 Å². The number of aromatic amines is 1. The molecule has 0 amide bonds. The van der Waals surface area contributed by atoms with E-state index in [4.69, 9.17) is 29.0 Å². The van der Waals surface area contributed by atoms with Gasteiger partial charge in [-0.1, -0.05) is 31.2 Å². The fraction of sp³-hybridized carbons (Fsp3) is 0.406. The molecule has 2 fully saturated rings. The van der Waals surface area contributed by atoms with E-state index in [0.717, 1.165) is 65.1 Å². The number of benzene rings is 2. The molecule has 4 heterocycles. The van der Waals surface area contributed by atoms with E-state index in [0.29, 0.717) is 12.7 Å². The van der Waals surface area contributed by atoms with Crippen LogP contribution in [0.3, 0.4) is 0 Å². The van der Waals surface area contributed by atoms with Gasteiger partial charge in [0.25, 0.3) is 6.47 Å². The minimum Gasteiger partial charge on any atom is -1.00 e. The smallest absolute Gasteiger partial charge is 1.00 e. The van der Waals surface area contributed by atoms with Crippen LogP contribution in [0.2, 0.25) is 0 Å². The molecular weight excluding hydrogens is 822 g/mol. The van der Waals surface area contributed by atoms with Crippen LogP contribution in [-0.2, 0) is 35.2 Å². The van der Waals surface area contributed by atoms with Crippen molar-refractivity contribution in [3.05, 3.63) is 72.1 Å². The van der Waals surface area contributed by atoms with Gasteiger partial charge in [0, 0.05) is 45.3 Å². The van der Waals surface area contributed by atoms with Crippen LogP contribution in [0.5, 0.6) is 0 Å². The largest absolute Gasteiger partial charge is 1.00 e. The summed E-state index contributed by atoms with van der Waals surface area (Å²) in [7, 11) is 0. The summed E-state index contributed by atoms with van der Waals surface area (Å²) in [6.07, 6.45) is 7.00. The van der Waals surface area contributed by atoms with E-state index in [2.05, 4.69) is 21.4 Å². The molecule has 2 aliphatic heterocycles. The normalized spacial score (nSPS) is 18.8. The number of hydrogen-bond donors (Lipinski definition) is 1. The van der Waals surface area contributed by atoms with E-state index in [1.54, 1.807) is 0 Å². The first-order valence-electron chi connectivity index (χ1n) is 14.0. The number of ether oxygens (including phenoxy) is 4. The Kier molecular flexibility index (Phi) is 20.5. The maximum Gasteiger partial charge on any atom is 1.00 e. The number of aldehydes is 2. The van der Waals surface area contributed by atoms with Crippen LogP contribution < -0.4 is 143 Å². The van der Waals surface area contributed by atoms with E-state index in [-0.39, 0.29) is 158 Å². The molecule has 0 radical (unpaired) electrons. The van der Waals surface area contributed by atoms with Gasteiger partial charge in [-0.2, -0.15) is 0 Å². The molecule has 2 aromatic heterocycles. The Morgan fingerprint density at radius 1 is 0.889 bits per heavy atom. The van der Waals surface area contributed by atoms with Gasteiger partial charge in [0.1, 0.15) is 6.10 Å². The topological polar surface area (TPSA) is 141 Å². The van der Waals surface area contributed by atoms with Crippen LogP contribution in [0.15, 0.2) is 60.9 Å². The average molecular weight is 862 g/mol. The van der Waals surface area contributed by atoms with Crippen LogP contribution >= 0.6 is 0 Å². The number of aromatic nitrogens is 2. The van der Waals surface area contributed by atoms with Crippen LogP contribution in [0.4, 0.5) is 0 Å². The molecular formula is C32H40Cs2N2O9. The van der Waals surface area contributed by atoms with Crippen molar-refractivity contribution in [2.75, 3.05) is 13.2 Å². The van der Waals surface area contributed by atoms with Gasteiger partial charge < -0.3 is 40.1 Å². The molecule has 0 spiro atoms. The summed E-state index contributed by atoms with van der Waals surface area (Å²) in [5.41, 5.74) is 3.52. The Balaban J connectivity index is 0.000000646. The monoisotopic (exact) mass is 862 g/mol. The number of fused-ring (bicyclic) bond motifs is 2. The zero-order valence-corrected chi connectivity index (χ0v) is 39.7. The molecule has 234 valence electrons. The van der Waals surface area contributed by atoms with Crippen molar-refractivity contribution >= 4 is 40.9 Å². The first kappa shape index (κ1) is 43.3. The minimum atomic E-state index is -0.498. The Morgan fingerprint density at radius 2 is 1.44 bits per heavy atom. The third-order valence-corrected chi connectivity index (χ3v) is 6.76. The van der Waals surface area contributed by atoms with Crippen molar-refractivity contribution in [1.29, 1.82) is 0 Å². The Hall–Kier alpha value is 0.234. The second kappa shape index (κ2) is 21.3. The molecule has 6 rings (SSSR count). The molecule has 4 aromatic rings. The van der Waals surface area contributed by atoms with Crippen LogP contribution in [0.1, 0.15) is 63.2 Å². The zero-order chi connectivity index (χ0) is 31.5. The molecule has 0 unspecified atom stereocenters. The molecule has 2 saturated heterocycles. The van der Waals surface area contributed by atoms with Crippen molar-refractivity contribution < 1.29 is 183 Å². The van der Waals surface area contributed by atoms with Gasteiger partial charge in [0.15, 0.2) is 24.1 Å². The van der Waals surface area contributed by atoms with E-state index in [1.807, 2.05) is 88.6 Å². The number of H-pyrrole nitrogens is 1. The second-order valence-corrected chi connectivity index (χ2v) is 10.8. The summed E-state index contributed by atoms with van der Waals surface area (Å²) in [6.45, 7) is 11.7. The van der Waals surface area contributed by atoms with Crippen LogP contribution in [0, 0.1) is 0 Å². The van der Waals surface area contributed by atoms with E-state index in [1.165, 1.54) is 0 Å². The summed E-state index contributed by atoms with van der Waals surface area (Å²) in [5.74, 6) is -0.831. The third-order valence-electron chi connectivity index (χ3n) is 6.76. The van der Waals surface area contributed by atoms with Crippen LogP contribution in [0.25, 0.3) is 21.8 Å². The molecule has 45 heavy (non-hydrogen) atoms. The van der Waals surface area contributed by atoms with Crippen molar-refractivity contribution in [3.8, 4) is 0 Å². The van der Waals surface area contributed by atoms with Crippen LogP contribution in [-0.4, -0.2) is 65.6 Å². The predicted octanol–water partition coefficient (Wildman–Crippen LogP) is -1.31. The van der Waals surface area contributed by atoms with Gasteiger partial charge in [-0.3, -0.25) is 14.4 Å². The summed E-state index contributed by atoms with van der Waals surface area (Å²) >= 11 is 0. The fourth-order valence-corrected chi connectivity index (χ4v) is 4.76. The average Bonchev–Trinajstić information content (AvgIpc) is 3.80. The van der Waals surface area contributed by atoms with E-state index < -0.39 is 5.79 Å². The SMILES string of the molecule is CC1(C)OC[C@H](Cn2ccc3c(C=O)cccc32)O1.CC[C@H]1COC(C)(C)O1.O=CO[O-].O=Cc1cccc2[nH]ccc12.[Cs+].[Cs+].[H-]. The van der Waals surface area contributed by atoms with Gasteiger partial charge in [-0.25, -0.2) is 0 Å². The Labute approximate surface area is 382 Å². The van der Waals surface area contributed by atoms with Crippen molar-refractivity contribution in [3.63, 3.8) is 0 Å². The Bertz CT molecular complexity index is 1490. The summed E-state index contributed by atoms with van der Waals surface area (Å²) in [6, 6.07) is 15.2. The zero-order valence-electron chi connectivity index (χ0n) is 28.1. The first-order chi connectivity index (χ1) is 20.6. The summed E-state index contributed by atoms with van der Waals surface area (Å²) in [4.78, 5) is 35.8. The van der Waals surface area contributed by atoms with E-state index >= 15 is 0 Å². The maximum atomic E-state index is 11.0. The Morgan fingerprint density at radius 3 is 1.93 bits per heavy atom. The molecule has 0 bridgehead atoms. The number of carbonyl (C=O) groups is 3. The molecule has 13 heteroatoms. The number of carbonyl (C=O) groups excluding carboxylic acids is 3.